The highest BCUT2D eigenvalue weighted by Gasteiger charge is 2.04. The molecule has 0 aliphatic heterocycles. The largest absolute Gasteiger partial charge is 0.370 e. The first-order valence-electron chi connectivity index (χ1n) is 5.51. The molecule has 17 heavy (non-hydrogen) atoms. The maximum absolute atomic E-state index is 10.5. The standard InChI is InChI=1S/C10H18N6O/c1-2-3-7-8(15-6-14-7)4-5-13-9(11)16-10(12)17/h6H,2-5H2,1H3,(H,14,15)(H5,11,12,13,16,17). The summed E-state index contributed by atoms with van der Waals surface area (Å²) >= 11 is 0. The Morgan fingerprint density at radius 2 is 2.29 bits per heavy atom. The van der Waals surface area contributed by atoms with Gasteiger partial charge in [0.15, 0.2) is 5.96 Å². The predicted molar refractivity (Wildman–Crippen MR) is 65.5 cm³/mol. The molecule has 0 saturated heterocycles. The molecule has 7 nitrogen and oxygen atoms in total. The van der Waals surface area contributed by atoms with Crippen LogP contribution in [0.1, 0.15) is 24.7 Å². The summed E-state index contributed by atoms with van der Waals surface area (Å²) in [4.78, 5) is 21.8. The maximum atomic E-state index is 10.5. The number of amides is 2. The normalized spacial score (nSPS) is 11.5. The van der Waals surface area contributed by atoms with E-state index in [1.165, 1.54) is 0 Å². The van der Waals surface area contributed by atoms with Gasteiger partial charge in [0.1, 0.15) is 0 Å². The van der Waals surface area contributed by atoms with Crippen LogP contribution >= 0.6 is 0 Å². The van der Waals surface area contributed by atoms with Crippen LogP contribution < -0.4 is 16.8 Å². The van der Waals surface area contributed by atoms with Crippen molar-refractivity contribution in [2.45, 2.75) is 26.2 Å². The van der Waals surface area contributed by atoms with Crippen molar-refractivity contribution in [2.24, 2.45) is 16.5 Å². The van der Waals surface area contributed by atoms with Gasteiger partial charge in [0.05, 0.1) is 12.0 Å². The van der Waals surface area contributed by atoms with Crippen LogP contribution in [-0.4, -0.2) is 28.5 Å². The van der Waals surface area contributed by atoms with E-state index >= 15 is 0 Å². The second kappa shape index (κ2) is 6.51. The van der Waals surface area contributed by atoms with Crippen molar-refractivity contribution in [3.05, 3.63) is 17.7 Å². The fraction of sp³-hybridized carbons (Fsp3) is 0.500. The first-order valence-corrected chi connectivity index (χ1v) is 5.51. The molecule has 1 aromatic rings. The van der Waals surface area contributed by atoms with Crippen molar-refractivity contribution in [1.29, 1.82) is 0 Å². The van der Waals surface area contributed by atoms with E-state index in [1.54, 1.807) is 6.33 Å². The number of urea groups is 1. The van der Waals surface area contributed by atoms with Crippen molar-refractivity contribution in [2.75, 3.05) is 6.54 Å². The fourth-order valence-electron chi connectivity index (χ4n) is 1.48. The predicted octanol–water partition coefficient (Wildman–Crippen LogP) is -0.112. The summed E-state index contributed by atoms with van der Waals surface area (Å²) < 4.78 is 0. The van der Waals surface area contributed by atoms with Gasteiger partial charge in [-0.3, -0.25) is 10.3 Å². The number of aromatic amines is 1. The van der Waals surface area contributed by atoms with Crippen LogP contribution in [0.25, 0.3) is 0 Å². The summed E-state index contributed by atoms with van der Waals surface area (Å²) in [5.41, 5.74) is 12.4. The molecule has 1 rings (SSSR count). The molecule has 0 bridgehead atoms. The maximum Gasteiger partial charge on any atom is 0.318 e. The van der Waals surface area contributed by atoms with Crippen LogP contribution in [0, 0.1) is 0 Å². The number of carbonyl (C=O) groups is 1. The Balaban J connectivity index is 2.44. The lowest BCUT2D eigenvalue weighted by atomic mass is 10.2. The van der Waals surface area contributed by atoms with Crippen LogP contribution in [0.5, 0.6) is 0 Å². The van der Waals surface area contributed by atoms with Gasteiger partial charge in [-0.05, 0) is 6.42 Å². The van der Waals surface area contributed by atoms with E-state index in [4.69, 9.17) is 11.5 Å². The second-order valence-electron chi connectivity index (χ2n) is 3.58. The van der Waals surface area contributed by atoms with Gasteiger partial charge in [-0.2, -0.15) is 0 Å². The molecule has 0 atom stereocenters. The molecule has 0 spiro atoms. The quantitative estimate of drug-likeness (QED) is 0.422. The van der Waals surface area contributed by atoms with E-state index < -0.39 is 6.03 Å². The van der Waals surface area contributed by atoms with Crippen LogP contribution in [-0.2, 0) is 12.8 Å². The van der Waals surface area contributed by atoms with E-state index in [-0.39, 0.29) is 5.96 Å². The van der Waals surface area contributed by atoms with Gasteiger partial charge in [-0.25, -0.2) is 9.78 Å². The molecular formula is C10H18N6O. The van der Waals surface area contributed by atoms with Crippen LogP contribution in [0.2, 0.25) is 0 Å². The molecule has 0 aliphatic carbocycles. The van der Waals surface area contributed by atoms with Crippen LogP contribution in [0.4, 0.5) is 4.79 Å². The van der Waals surface area contributed by atoms with Gasteiger partial charge in [0.2, 0.25) is 0 Å². The molecule has 1 heterocycles. The fourth-order valence-corrected chi connectivity index (χ4v) is 1.48. The number of nitrogens with two attached hydrogens (primary N) is 2. The number of aliphatic imine (C=N–C) groups is 1. The highest BCUT2D eigenvalue weighted by Crippen LogP contribution is 2.06. The van der Waals surface area contributed by atoms with Crippen molar-refractivity contribution in [3.8, 4) is 0 Å². The van der Waals surface area contributed by atoms with Crippen molar-refractivity contribution < 1.29 is 4.79 Å². The van der Waals surface area contributed by atoms with E-state index in [0.717, 1.165) is 24.2 Å². The van der Waals surface area contributed by atoms with Crippen molar-refractivity contribution in [3.63, 3.8) is 0 Å². The van der Waals surface area contributed by atoms with Gasteiger partial charge < -0.3 is 16.5 Å². The number of aryl methyl sites for hydroxylation is 1. The molecule has 0 aromatic carbocycles. The Morgan fingerprint density at radius 3 is 2.94 bits per heavy atom. The summed E-state index contributed by atoms with van der Waals surface area (Å²) in [7, 11) is 0. The molecule has 1 aromatic heterocycles. The number of nitrogens with one attached hydrogen (secondary N) is 2. The molecule has 0 unspecified atom stereocenters. The first kappa shape index (κ1) is 13.0. The monoisotopic (exact) mass is 238 g/mol. The number of hydrogen-bond acceptors (Lipinski definition) is 3. The number of rotatable bonds is 5. The number of hydrogen-bond donors (Lipinski definition) is 4. The van der Waals surface area contributed by atoms with Gasteiger partial charge in [0, 0.05) is 18.7 Å². The zero-order valence-corrected chi connectivity index (χ0v) is 9.86. The van der Waals surface area contributed by atoms with E-state index in [2.05, 4.69) is 27.2 Å². The minimum atomic E-state index is -0.710. The lowest BCUT2D eigenvalue weighted by molar-refractivity contribution is 0.253. The number of nitrogens with zero attached hydrogens (tertiary/aromatic N) is 2. The first-order chi connectivity index (χ1) is 8.13. The smallest absolute Gasteiger partial charge is 0.318 e. The van der Waals surface area contributed by atoms with Gasteiger partial charge in [-0.1, -0.05) is 13.3 Å². The molecule has 0 saturated carbocycles. The van der Waals surface area contributed by atoms with Crippen molar-refractivity contribution in [1.82, 2.24) is 15.3 Å². The van der Waals surface area contributed by atoms with Gasteiger partial charge in [0.25, 0.3) is 0 Å². The van der Waals surface area contributed by atoms with Crippen LogP contribution in [0.15, 0.2) is 11.3 Å². The number of guanidine groups is 1. The molecule has 94 valence electrons. The van der Waals surface area contributed by atoms with E-state index in [1.807, 2.05) is 0 Å². The Bertz CT molecular complexity index is 397. The van der Waals surface area contributed by atoms with E-state index in [0.29, 0.717) is 13.0 Å². The molecule has 0 fully saturated rings. The molecule has 0 radical (unpaired) electrons. The average molecular weight is 238 g/mol. The Hall–Kier alpha value is -2.05. The van der Waals surface area contributed by atoms with Gasteiger partial charge >= 0.3 is 6.03 Å². The molecule has 7 heteroatoms. The highest BCUT2D eigenvalue weighted by molar-refractivity contribution is 5.94. The minimum absolute atomic E-state index is 0.0325. The zero-order valence-electron chi connectivity index (χ0n) is 9.86. The van der Waals surface area contributed by atoms with Gasteiger partial charge in [-0.15, -0.1) is 0 Å². The molecule has 2 amide bonds. The highest BCUT2D eigenvalue weighted by atomic mass is 16.2. The molecular weight excluding hydrogens is 220 g/mol. The number of primary amides is 1. The minimum Gasteiger partial charge on any atom is -0.370 e. The second-order valence-corrected chi connectivity index (χ2v) is 3.58. The third kappa shape index (κ3) is 4.54. The lowest BCUT2D eigenvalue weighted by Gasteiger charge is -2.01. The van der Waals surface area contributed by atoms with E-state index in [9.17, 15) is 4.79 Å². The number of carbonyl (C=O) groups excluding carboxylic acids is 1. The molecule has 6 N–H and O–H groups in total. The third-order valence-corrected chi connectivity index (χ3v) is 2.19. The molecule has 0 aliphatic rings. The summed E-state index contributed by atoms with van der Waals surface area (Å²) in [6.45, 7) is 2.57. The lowest BCUT2D eigenvalue weighted by Crippen LogP contribution is -2.40. The summed E-state index contributed by atoms with van der Waals surface area (Å²) in [6.07, 6.45) is 4.38. The zero-order chi connectivity index (χ0) is 12.7. The number of H-pyrrole nitrogens is 1. The summed E-state index contributed by atoms with van der Waals surface area (Å²) in [5.74, 6) is 0.0325. The van der Waals surface area contributed by atoms with Crippen LogP contribution in [0.3, 0.4) is 0 Å². The Labute approximate surface area is 99.7 Å². The number of imidazole rings is 1. The van der Waals surface area contributed by atoms with Crippen molar-refractivity contribution >= 4 is 12.0 Å². The summed E-state index contributed by atoms with van der Waals surface area (Å²) in [6, 6.07) is -0.710. The Morgan fingerprint density at radius 1 is 1.53 bits per heavy atom. The average Bonchev–Trinajstić information content (AvgIpc) is 2.65. The topological polar surface area (TPSA) is 122 Å². The SMILES string of the molecule is CCCc1[nH]cnc1CCN=C(N)NC(N)=O. The third-order valence-electron chi connectivity index (χ3n) is 2.19. The number of aromatic nitrogens is 2. The summed E-state index contributed by atoms with van der Waals surface area (Å²) in [5, 5.41) is 2.20. The Kier molecular flexibility index (Phi) is 4.99.